The summed E-state index contributed by atoms with van der Waals surface area (Å²) in [4.78, 5) is 14.6. The van der Waals surface area contributed by atoms with Crippen molar-refractivity contribution in [3.05, 3.63) is 35.4 Å². The van der Waals surface area contributed by atoms with Crippen LogP contribution in [0.1, 0.15) is 18.4 Å². The predicted octanol–water partition coefficient (Wildman–Crippen LogP) is 2.00. The number of carboxylic acid groups (broad SMARTS) is 1. The second-order valence-electron chi connectivity index (χ2n) is 3.59. The molecule has 3 nitrogen and oxygen atoms in total. The molecule has 16 heavy (non-hydrogen) atoms. The number of benzene rings is 1. The molecule has 0 aliphatic carbocycles. The van der Waals surface area contributed by atoms with Crippen LogP contribution in [0.3, 0.4) is 0 Å². The van der Waals surface area contributed by atoms with Crippen LogP contribution in [0.5, 0.6) is 0 Å². The Morgan fingerprint density at radius 2 is 2.19 bits per heavy atom. The first kappa shape index (κ1) is 10.7. The summed E-state index contributed by atoms with van der Waals surface area (Å²) in [6, 6.07) is 2.38. The van der Waals surface area contributed by atoms with Gasteiger partial charge in [0.1, 0.15) is 17.7 Å². The van der Waals surface area contributed by atoms with Crippen LogP contribution in [-0.2, 0) is 4.79 Å². The summed E-state index contributed by atoms with van der Waals surface area (Å²) in [5, 5.41) is 8.73. The van der Waals surface area contributed by atoms with E-state index in [4.69, 9.17) is 5.11 Å². The maximum atomic E-state index is 13.4. The number of halogens is 2. The van der Waals surface area contributed by atoms with Crippen molar-refractivity contribution < 1.29 is 18.7 Å². The smallest absolute Gasteiger partial charge is 0.328 e. The number of hydrogen-bond acceptors (Lipinski definition) is 2. The summed E-state index contributed by atoms with van der Waals surface area (Å²) in [5.74, 6) is -2.38. The lowest BCUT2D eigenvalue weighted by atomic mass is 10.1. The van der Waals surface area contributed by atoms with Crippen molar-refractivity contribution in [2.24, 2.45) is 4.99 Å². The lowest BCUT2D eigenvalue weighted by Gasteiger charge is -2.01. The molecule has 84 valence electrons. The topological polar surface area (TPSA) is 49.7 Å². The largest absolute Gasteiger partial charge is 0.480 e. The van der Waals surface area contributed by atoms with E-state index in [0.29, 0.717) is 18.6 Å². The fraction of sp³-hybridized carbons (Fsp3) is 0.273. The molecule has 1 aromatic rings. The van der Waals surface area contributed by atoms with Gasteiger partial charge in [0, 0.05) is 17.3 Å². The summed E-state index contributed by atoms with van der Waals surface area (Å²) in [5.41, 5.74) is 0.579. The van der Waals surface area contributed by atoms with Crippen molar-refractivity contribution in [2.45, 2.75) is 18.9 Å². The number of carboxylic acids is 1. The Kier molecular flexibility index (Phi) is 2.68. The standard InChI is InChI=1S/C11H9F2NO2/c12-6-1-2-7(8(13)5-6)9-3-4-10(14-9)11(15)16/h1-2,5,10H,3-4H2,(H,15,16)/t10-/m1/s1. The third kappa shape index (κ3) is 1.93. The Balaban J connectivity index is 2.32. The molecule has 1 atom stereocenters. The van der Waals surface area contributed by atoms with Crippen LogP contribution >= 0.6 is 0 Å². The highest BCUT2D eigenvalue weighted by atomic mass is 19.1. The minimum atomic E-state index is -1.02. The highest BCUT2D eigenvalue weighted by Gasteiger charge is 2.25. The molecule has 5 heteroatoms. The molecule has 0 saturated carbocycles. The van der Waals surface area contributed by atoms with Crippen molar-refractivity contribution in [3.8, 4) is 0 Å². The molecule has 1 heterocycles. The lowest BCUT2D eigenvalue weighted by molar-refractivity contribution is -0.138. The molecule has 0 unspecified atom stereocenters. The van der Waals surface area contributed by atoms with E-state index in [1.54, 1.807) is 0 Å². The van der Waals surface area contributed by atoms with Gasteiger partial charge in [0.2, 0.25) is 0 Å². The van der Waals surface area contributed by atoms with Gasteiger partial charge in [-0.25, -0.2) is 13.6 Å². The van der Waals surface area contributed by atoms with Crippen molar-refractivity contribution in [3.63, 3.8) is 0 Å². The monoisotopic (exact) mass is 225 g/mol. The molecule has 0 aromatic heterocycles. The zero-order chi connectivity index (χ0) is 11.7. The van der Waals surface area contributed by atoms with Crippen LogP contribution in [0.25, 0.3) is 0 Å². The Hall–Kier alpha value is -1.78. The zero-order valence-electron chi connectivity index (χ0n) is 8.28. The fourth-order valence-electron chi connectivity index (χ4n) is 1.70. The van der Waals surface area contributed by atoms with Crippen molar-refractivity contribution >= 4 is 11.7 Å². The van der Waals surface area contributed by atoms with Crippen molar-refractivity contribution in [2.75, 3.05) is 0 Å². The van der Waals surface area contributed by atoms with Crippen molar-refractivity contribution in [1.29, 1.82) is 0 Å². The van der Waals surface area contributed by atoms with Gasteiger partial charge in [0.25, 0.3) is 0 Å². The molecule has 0 radical (unpaired) electrons. The molecule has 2 rings (SSSR count). The first-order valence-corrected chi connectivity index (χ1v) is 4.83. The van der Waals surface area contributed by atoms with Gasteiger partial charge < -0.3 is 5.11 Å². The molecular formula is C11H9F2NO2. The molecule has 1 N–H and O–H groups in total. The van der Waals surface area contributed by atoms with Crippen LogP contribution in [0, 0.1) is 11.6 Å². The second kappa shape index (κ2) is 4.00. The second-order valence-corrected chi connectivity index (χ2v) is 3.59. The minimum absolute atomic E-state index is 0.185. The summed E-state index contributed by atoms with van der Waals surface area (Å²) in [6.07, 6.45) is 0.765. The number of aliphatic imine (C=N–C) groups is 1. The third-order valence-corrected chi connectivity index (χ3v) is 2.49. The first-order chi connectivity index (χ1) is 7.58. The average molecular weight is 225 g/mol. The average Bonchev–Trinajstić information content (AvgIpc) is 2.66. The van der Waals surface area contributed by atoms with Crippen LogP contribution in [0.4, 0.5) is 8.78 Å². The van der Waals surface area contributed by atoms with Crippen molar-refractivity contribution in [1.82, 2.24) is 0 Å². The summed E-state index contributed by atoms with van der Waals surface area (Å²) < 4.78 is 26.0. The van der Waals surface area contributed by atoms with Gasteiger partial charge in [-0.05, 0) is 25.0 Å². The van der Waals surface area contributed by atoms with E-state index in [1.807, 2.05) is 0 Å². The molecule has 1 aliphatic rings. The number of hydrogen-bond donors (Lipinski definition) is 1. The molecule has 0 saturated heterocycles. The quantitative estimate of drug-likeness (QED) is 0.836. The summed E-state index contributed by atoms with van der Waals surface area (Å²) in [7, 11) is 0. The normalized spacial score (nSPS) is 19.6. The van der Waals surface area contributed by atoms with Crippen LogP contribution in [0.15, 0.2) is 23.2 Å². The molecule has 0 spiro atoms. The lowest BCUT2D eigenvalue weighted by Crippen LogP contribution is -2.13. The van der Waals surface area contributed by atoms with E-state index in [0.717, 1.165) is 12.1 Å². The Morgan fingerprint density at radius 3 is 2.75 bits per heavy atom. The molecular weight excluding hydrogens is 216 g/mol. The molecule has 1 aliphatic heterocycles. The Labute approximate surface area is 90.4 Å². The molecule has 0 fully saturated rings. The number of carbonyl (C=O) groups is 1. The van der Waals surface area contributed by atoms with E-state index in [1.165, 1.54) is 6.07 Å². The van der Waals surface area contributed by atoms with Crippen LogP contribution in [0.2, 0.25) is 0 Å². The van der Waals surface area contributed by atoms with E-state index >= 15 is 0 Å². The van der Waals surface area contributed by atoms with Gasteiger partial charge in [-0.15, -0.1) is 0 Å². The van der Waals surface area contributed by atoms with Gasteiger partial charge in [-0.2, -0.15) is 0 Å². The van der Waals surface area contributed by atoms with Gasteiger partial charge in [0.15, 0.2) is 0 Å². The van der Waals surface area contributed by atoms with Gasteiger partial charge >= 0.3 is 5.97 Å². The SMILES string of the molecule is O=C(O)[C@H]1CCC(c2ccc(F)cc2F)=N1. The van der Waals surface area contributed by atoms with E-state index < -0.39 is 23.6 Å². The highest BCUT2D eigenvalue weighted by molar-refractivity contribution is 6.03. The maximum Gasteiger partial charge on any atom is 0.328 e. The van der Waals surface area contributed by atoms with E-state index in [-0.39, 0.29) is 5.56 Å². The highest BCUT2D eigenvalue weighted by Crippen LogP contribution is 2.21. The maximum absolute atomic E-state index is 13.4. The minimum Gasteiger partial charge on any atom is -0.480 e. The number of aliphatic carboxylic acids is 1. The third-order valence-electron chi connectivity index (χ3n) is 2.49. The summed E-state index contributed by atoms with van der Waals surface area (Å²) >= 11 is 0. The van der Waals surface area contributed by atoms with Crippen LogP contribution in [-0.4, -0.2) is 22.8 Å². The molecule has 0 amide bonds. The zero-order valence-corrected chi connectivity index (χ0v) is 8.28. The van der Waals surface area contributed by atoms with Gasteiger partial charge in [-0.1, -0.05) is 0 Å². The van der Waals surface area contributed by atoms with Gasteiger partial charge in [-0.3, -0.25) is 4.99 Å². The summed E-state index contributed by atoms with van der Waals surface area (Å²) in [6.45, 7) is 0. The predicted molar refractivity (Wildman–Crippen MR) is 53.6 cm³/mol. The first-order valence-electron chi connectivity index (χ1n) is 4.83. The Morgan fingerprint density at radius 1 is 1.44 bits per heavy atom. The van der Waals surface area contributed by atoms with Gasteiger partial charge in [0.05, 0.1) is 0 Å². The number of nitrogens with zero attached hydrogens (tertiary/aromatic N) is 1. The van der Waals surface area contributed by atoms with E-state index in [9.17, 15) is 13.6 Å². The molecule has 1 aromatic carbocycles. The van der Waals surface area contributed by atoms with E-state index in [2.05, 4.69) is 4.99 Å². The molecule has 0 bridgehead atoms. The van der Waals surface area contributed by atoms with Crippen LogP contribution < -0.4 is 0 Å². The Bertz CT molecular complexity index is 471. The number of rotatable bonds is 2. The fourth-order valence-corrected chi connectivity index (χ4v) is 1.70.